The number of hydrogen-bond donors (Lipinski definition) is 0. The molecule has 0 aromatic carbocycles. The minimum Gasteiger partial charge on any atom is -0.458 e. The van der Waals surface area contributed by atoms with E-state index in [9.17, 15) is 4.79 Å². The van der Waals surface area contributed by atoms with Gasteiger partial charge in [-0.05, 0) is 66.4 Å². The molecule has 118 valence electrons. The molecule has 0 amide bonds. The Hall–Kier alpha value is -1.57. The van der Waals surface area contributed by atoms with Gasteiger partial charge in [0.1, 0.15) is 6.61 Å². The molecule has 0 aliphatic rings. The molecule has 0 aromatic rings. The van der Waals surface area contributed by atoms with E-state index < -0.39 is 0 Å². The average molecular weight is 290 g/mol. The normalized spacial score (nSPS) is 12.0. The molecule has 0 aliphatic heterocycles. The number of esters is 1. The first-order valence-corrected chi connectivity index (χ1v) is 7.60. The molecule has 0 radical (unpaired) electrons. The fourth-order valence-electron chi connectivity index (χ4n) is 1.72. The van der Waals surface area contributed by atoms with Gasteiger partial charge in [-0.25, -0.2) is 4.79 Å². The predicted octanol–water partition coefficient (Wildman–Crippen LogP) is 5.52. The Morgan fingerprint density at radius 2 is 1.43 bits per heavy atom. The van der Waals surface area contributed by atoms with Gasteiger partial charge in [0.15, 0.2) is 0 Å². The highest BCUT2D eigenvalue weighted by atomic mass is 16.5. The van der Waals surface area contributed by atoms with Crippen molar-refractivity contribution in [2.75, 3.05) is 6.61 Å². The summed E-state index contributed by atoms with van der Waals surface area (Å²) in [5, 5.41) is 0. The van der Waals surface area contributed by atoms with Crippen LogP contribution in [0.1, 0.15) is 60.3 Å². The van der Waals surface area contributed by atoms with Gasteiger partial charge in [-0.2, -0.15) is 0 Å². The first-order valence-electron chi connectivity index (χ1n) is 7.60. The number of carbonyl (C=O) groups excluding carboxylic acids is 1. The fourth-order valence-corrected chi connectivity index (χ4v) is 1.72. The number of rotatable bonds is 9. The lowest BCUT2D eigenvalue weighted by Gasteiger charge is -2.03. The fraction of sp³-hybridized carbons (Fsp3) is 0.526. The maximum atomic E-state index is 11.2. The molecule has 0 rings (SSSR count). The Bertz CT molecular complexity index is 432. The molecule has 0 saturated carbocycles. The molecule has 2 nitrogen and oxygen atoms in total. The van der Waals surface area contributed by atoms with Crippen molar-refractivity contribution < 1.29 is 9.53 Å². The molecule has 2 heteroatoms. The summed E-state index contributed by atoms with van der Waals surface area (Å²) in [6, 6.07) is 0. The van der Waals surface area contributed by atoms with Crippen molar-refractivity contribution >= 4 is 5.97 Å². The second-order valence-corrected chi connectivity index (χ2v) is 5.84. The zero-order chi connectivity index (χ0) is 16.3. The number of carbonyl (C=O) groups is 1. The van der Waals surface area contributed by atoms with E-state index in [2.05, 4.69) is 46.4 Å². The third-order valence-electron chi connectivity index (χ3n) is 3.12. The molecule has 0 spiro atoms. The lowest BCUT2D eigenvalue weighted by molar-refractivity contribution is -0.137. The lowest BCUT2D eigenvalue weighted by Crippen LogP contribution is -2.04. The molecule has 0 bridgehead atoms. The Balaban J connectivity index is 3.96. The Morgan fingerprint density at radius 1 is 0.905 bits per heavy atom. The standard InChI is InChI=1S/C19H30O2/c1-15(2)9-7-10-17(5)11-8-12-18(6)13-14-21-19(20)16(3)4/h9,11,13H,3,7-8,10,12,14H2,1-2,4-6H3/b17-11+,18-13-. The molecule has 0 unspecified atom stereocenters. The van der Waals surface area contributed by atoms with Gasteiger partial charge in [-0.3, -0.25) is 0 Å². The third kappa shape index (κ3) is 11.9. The van der Waals surface area contributed by atoms with Gasteiger partial charge in [0, 0.05) is 5.57 Å². The quantitative estimate of drug-likeness (QED) is 0.317. The summed E-state index contributed by atoms with van der Waals surface area (Å²) in [5.74, 6) is -0.325. The van der Waals surface area contributed by atoms with Crippen molar-refractivity contribution in [3.63, 3.8) is 0 Å². The first-order chi connectivity index (χ1) is 9.82. The molecule has 21 heavy (non-hydrogen) atoms. The lowest BCUT2D eigenvalue weighted by atomic mass is 10.1. The molecular formula is C19H30O2. The second-order valence-electron chi connectivity index (χ2n) is 5.84. The average Bonchev–Trinajstić information content (AvgIpc) is 2.37. The van der Waals surface area contributed by atoms with Crippen molar-refractivity contribution in [1.29, 1.82) is 0 Å². The molecule has 0 aromatic heterocycles. The summed E-state index contributed by atoms with van der Waals surface area (Å²) in [5.41, 5.74) is 4.51. The molecule has 0 heterocycles. The number of ether oxygens (including phenoxy) is 1. The van der Waals surface area contributed by atoms with Crippen LogP contribution in [-0.2, 0) is 9.53 Å². The summed E-state index contributed by atoms with van der Waals surface area (Å²) in [7, 11) is 0. The zero-order valence-electron chi connectivity index (χ0n) is 14.3. The number of hydrogen-bond acceptors (Lipinski definition) is 2. The molecule has 0 N–H and O–H groups in total. The van der Waals surface area contributed by atoms with Gasteiger partial charge >= 0.3 is 5.97 Å². The van der Waals surface area contributed by atoms with E-state index in [1.54, 1.807) is 6.92 Å². The smallest absolute Gasteiger partial charge is 0.333 e. The van der Waals surface area contributed by atoms with Crippen LogP contribution < -0.4 is 0 Å². The van der Waals surface area contributed by atoms with E-state index in [0.717, 1.165) is 25.7 Å². The minimum atomic E-state index is -0.325. The maximum Gasteiger partial charge on any atom is 0.333 e. The molecular weight excluding hydrogens is 260 g/mol. The van der Waals surface area contributed by atoms with E-state index in [-0.39, 0.29) is 5.97 Å². The van der Waals surface area contributed by atoms with E-state index in [1.165, 1.54) is 16.7 Å². The van der Waals surface area contributed by atoms with Gasteiger partial charge in [0.05, 0.1) is 0 Å². The molecule has 0 aliphatic carbocycles. The topological polar surface area (TPSA) is 26.3 Å². The van der Waals surface area contributed by atoms with Crippen molar-refractivity contribution in [2.45, 2.75) is 60.3 Å². The van der Waals surface area contributed by atoms with Gasteiger partial charge in [-0.15, -0.1) is 0 Å². The van der Waals surface area contributed by atoms with Crippen LogP contribution in [0.15, 0.2) is 47.1 Å². The van der Waals surface area contributed by atoms with E-state index in [4.69, 9.17) is 4.74 Å². The Kier molecular flexibility index (Phi) is 10.3. The predicted molar refractivity (Wildman–Crippen MR) is 91.2 cm³/mol. The Morgan fingerprint density at radius 3 is 1.95 bits per heavy atom. The van der Waals surface area contributed by atoms with Crippen LogP contribution in [0, 0.1) is 0 Å². The summed E-state index contributed by atoms with van der Waals surface area (Å²) >= 11 is 0. The molecule has 0 saturated heterocycles. The highest BCUT2D eigenvalue weighted by Crippen LogP contribution is 2.11. The first kappa shape index (κ1) is 19.4. The van der Waals surface area contributed by atoms with Gasteiger partial charge < -0.3 is 4.74 Å². The minimum absolute atomic E-state index is 0.325. The van der Waals surface area contributed by atoms with Crippen LogP contribution in [0.25, 0.3) is 0 Å². The monoisotopic (exact) mass is 290 g/mol. The van der Waals surface area contributed by atoms with E-state index >= 15 is 0 Å². The van der Waals surface area contributed by atoms with Gasteiger partial charge in [0.2, 0.25) is 0 Å². The van der Waals surface area contributed by atoms with Crippen LogP contribution in [0.2, 0.25) is 0 Å². The van der Waals surface area contributed by atoms with Crippen LogP contribution in [0.4, 0.5) is 0 Å². The van der Waals surface area contributed by atoms with Gasteiger partial charge in [0.25, 0.3) is 0 Å². The number of allylic oxidation sites excluding steroid dienone is 5. The van der Waals surface area contributed by atoms with Gasteiger partial charge in [-0.1, -0.05) is 35.5 Å². The maximum absolute atomic E-state index is 11.2. The summed E-state index contributed by atoms with van der Waals surface area (Å²) in [6.07, 6.45) is 10.8. The summed E-state index contributed by atoms with van der Waals surface area (Å²) in [4.78, 5) is 11.2. The largest absolute Gasteiger partial charge is 0.458 e. The van der Waals surface area contributed by atoms with Crippen molar-refractivity contribution in [3.05, 3.63) is 47.1 Å². The summed E-state index contributed by atoms with van der Waals surface area (Å²) in [6.45, 7) is 14.1. The molecule has 0 fully saturated rings. The highest BCUT2D eigenvalue weighted by molar-refractivity contribution is 5.86. The van der Waals surface area contributed by atoms with E-state index in [0.29, 0.717) is 12.2 Å². The van der Waals surface area contributed by atoms with Crippen LogP contribution in [-0.4, -0.2) is 12.6 Å². The highest BCUT2D eigenvalue weighted by Gasteiger charge is 2.00. The third-order valence-corrected chi connectivity index (χ3v) is 3.12. The van der Waals surface area contributed by atoms with Crippen LogP contribution in [0.5, 0.6) is 0 Å². The van der Waals surface area contributed by atoms with Crippen molar-refractivity contribution in [3.8, 4) is 0 Å². The van der Waals surface area contributed by atoms with E-state index in [1.807, 2.05) is 6.08 Å². The van der Waals surface area contributed by atoms with Crippen molar-refractivity contribution in [2.24, 2.45) is 0 Å². The van der Waals surface area contributed by atoms with Crippen LogP contribution >= 0.6 is 0 Å². The Labute approximate surface area is 130 Å². The second kappa shape index (κ2) is 11.1. The SMILES string of the molecule is C=C(C)C(=O)OC/C=C(/C)CC/C=C(\C)CCC=C(C)C. The van der Waals surface area contributed by atoms with Crippen molar-refractivity contribution in [1.82, 2.24) is 0 Å². The zero-order valence-corrected chi connectivity index (χ0v) is 14.3. The summed E-state index contributed by atoms with van der Waals surface area (Å²) < 4.78 is 5.04. The molecule has 0 atom stereocenters. The van der Waals surface area contributed by atoms with Crippen LogP contribution in [0.3, 0.4) is 0 Å².